The number of nitrogens with one attached hydrogen (secondary N) is 1. The number of rotatable bonds is 6. The van der Waals surface area contributed by atoms with Crippen molar-refractivity contribution in [1.29, 1.82) is 0 Å². The lowest BCUT2D eigenvalue weighted by Gasteiger charge is -2.11. The number of benzene rings is 1. The number of hydrogen-bond donors (Lipinski definition) is 3. The van der Waals surface area contributed by atoms with Crippen molar-refractivity contribution in [3.05, 3.63) is 17.7 Å². The number of phenolic OH excluding ortho intramolecular Hbond substituents is 1. The summed E-state index contributed by atoms with van der Waals surface area (Å²) in [7, 11) is 2.97. The van der Waals surface area contributed by atoms with Gasteiger partial charge in [-0.15, -0.1) is 24.0 Å². The number of nitrogens with two attached hydrogens (primary N) is 1. The first-order chi connectivity index (χ1) is 9.47. The molecule has 0 aliphatic rings. The monoisotopic (exact) mass is 409 g/mol. The molecule has 0 saturated carbocycles. The molecule has 0 spiro atoms. The van der Waals surface area contributed by atoms with Crippen molar-refractivity contribution in [2.45, 2.75) is 20.4 Å². The average molecular weight is 409 g/mol. The molecular formula is C14H24IN3O3. The van der Waals surface area contributed by atoms with E-state index in [9.17, 15) is 5.11 Å². The third-order valence-electron chi connectivity index (χ3n) is 2.66. The average Bonchev–Trinajstić information content (AvgIpc) is 2.43. The second-order valence-electron chi connectivity index (χ2n) is 4.83. The molecular weight excluding hydrogens is 385 g/mol. The number of nitrogens with zero attached hydrogens (tertiary/aromatic N) is 1. The lowest BCUT2D eigenvalue weighted by atomic mass is 10.2. The van der Waals surface area contributed by atoms with Crippen LogP contribution in [0.25, 0.3) is 0 Å². The van der Waals surface area contributed by atoms with E-state index in [2.05, 4.69) is 24.2 Å². The van der Waals surface area contributed by atoms with Gasteiger partial charge in [-0.25, -0.2) is 4.99 Å². The summed E-state index contributed by atoms with van der Waals surface area (Å²) in [4.78, 5) is 4.24. The predicted octanol–water partition coefficient (Wildman–Crippen LogP) is 2.09. The van der Waals surface area contributed by atoms with Gasteiger partial charge < -0.3 is 25.6 Å². The third kappa shape index (κ3) is 6.28. The molecule has 4 N–H and O–H groups in total. The van der Waals surface area contributed by atoms with Crippen LogP contribution in [0.3, 0.4) is 0 Å². The van der Waals surface area contributed by atoms with Crippen molar-refractivity contribution in [2.24, 2.45) is 16.6 Å². The standard InChI is InChI=1S/C14H23N3O3.HI/c1-9(2)7-16-14(15)17-8-10-5-11(19-3)13(18)12(6-10)20-4;/h5-6,9,18H,7-8H2,1-4H3,(H3,15,16,17);1H. The van der Waals surface area contributed by atoms with Crippen LogP contribution in [0.15, 0.2) is 17.1 Å². The first-order valence-electron chi connectivity index (χ1n) is 6.45. The number of phenols is 1. The second-order valence-corrected chi connectivity index (χ2v) is 4.83. The number of guanidine groups is 1. The number of ether oxygens (including phenoxy) is 2. The second kappa shape index (κ2) is 9.54. The summed E-state index contributed by atoms with van der Waals surface area (Å²) in [5.74, 6) is 1.57. The van der Waals surface area contributed by atoms with Crippen molar-refractivity contribution in [1.82, 2.24) is 5.32 Å². The molecule has 1 aromatic rings. The van der Waals surface area contributed by atoms with Gasteiger partial charge >= 0.3 is 0 Å². The van der Waals surface area contributed by atoms with Crippen LogP contribution in [0, 0.1) is 5.92 Å². The highest BCUT2D eigenvalue weighted by Crippen LogP contribution is 2.37. The van der Waals surface area contributed by atoms with Gasteiger partial charge in [-0.2, -0.15) is 0 Å². The molecule has 0 radical (unpaired) electrons. The van der Waals surface area contributed by atoms with E-state index in [4.69, 9.17) is 15.2 Å². The smallest absolute Gasteiger partial charge is 0.200 e. The maximum atomic E-state index is 9.81. The topological polar surface area (TPSA) is 89.1 Å². The maximum absolute atomic E-state index is 9.81. The lowest BCUT2D eigenvalue weighted by Crippen LogP contribution is -2.34. The minimum Gasteiger partial charge on any atom is -0.502 e. The van der Waals surface area contributed by atoms with Crippen molar-refractivity contribution in [3.63, 3.8) is 0 Å². The molecule has 0 saturated heterocycles. The highest BCUT2D eigenvalue weighted by Gasteiger charge is 2.10. The Morgan fingerprint density at radius 1 is 1.29 bits per heavy atom. The van der Waals surface area contributed by atoms with Crippen LogP contribution in [0.1, 0.15) is 19.4 Å². The Kier molecular flexibility index (Phi) is 8.91. The van der Waals surface area contributed by atoms with E-state index in [-0.39, 0.29) is 29.7 Å². The molecule has 21 heavy (non-hydrogen) atoms. The highest BCUT2D eigenvalue weighted by atomic mass is 127. The molecule has 0 aliphatic heterocycles. The van der Waals surface area contributed by atoms with Crippen molar-refractivity contribution < 1.29 is 14.6 Å². The van der Waals surface area contributed by atoms with E-state index in [0.29, 0.717) is 29.9 Å². The van der Waals surface area contributed by atoms with Gasteiger partial charge in [0.15, 0.2) is 17.5 Å². The minimum absolute atomic E-state index is 0. The number of hydrogen-bond acceptors (Lipinski definition) is 4. The fourth-order valence-electron chi connectivity index (χ4n) is 1.58. The normalized spacial score (nSPS) is 11.0. The zero-order valence-corrected chi connectivity index (χ0v) is 15.2. The molecule has 6 nitrogen and oxygen atoms in total. The number of aromatic hydroxyl groups is 1. The molecule has 120 valence electrons. The van der Waals surface area contributed by atoms with Crippen LogP contribution in [-0.2, 0) is 6.54 Å². The van der Waals surface area contributed by atoms with Gasteiger partial charge in [-0.05, 0) is 23.6 Å². The predicted molar refractivity (Wildman–Crippen MR) is 94.8 cm³/mol. The van der Waals surface area contributed by atoms with Gasteiger partial charge in [0.2, 0.25) is 5.75 Å². The van der Waals surface area contributed by atoms with Crippen molar-refractivity contribution in [2.75, 3.05) is 20.8 Å². The van der Waals surface area contributed by atoms with Crippen molar-refractivity contribution in [3.8, 4) is 17.2 Å². The highest BCUT2D eigenvalue weighted by molar-refractivity contribution is 14.0. The molecule has 0 amide bonds. The summed E-state index contributed by atoms with van der Waals surface area (Å²) in [5, 5.41) is 12.8. The number of methoxy groups -OCH3 is 2. The molecule has 0 bridgehead atoms. The van der Waals surface area contributed by atoms with E-state index in [1.807, 2.05) is 0 Å². The van der Waals surface area contributed by atoms with Gasteiger partial charge in [-0.3, -0.25) is 0 Å². The molecule has 7 heteroatoms. The SMILES string of the molecule is COc1cc(CN=C(N)NCC(C)C)cc(OC)c1O.I. The largest absolute Gasteiger partial charge is 0.502 e. The van der Waals surface area contributed by atoms with Gasteiger partial charge in [0.05, 0.1) is 20.8 Å². The lowest BCUT2D eigenvalue weighted by molar-refractivity contribution is 0.339. The minimum atomic E-state index is -0.0198. The summed E-state index contributed by atoms with van der Waals surface area (Å²) < 4.78 is 10.2. The molecule has 0 aliphatic carbocycles. The zero-order valence-electron chi connectivity index (χ0n) is 12.8. The summed E-state index contributed by atoms with van der Waals surface area (Å²) in [6.07, 6.45) is 0. The van der Waals surface area contributed by atoms with Gasteiger partial charge in [0.1, 0.15) is 0 Å². The van der Waals surface area contributed by atoms with Gasteiger partial charge in [0.25, 0.3) is 0 Å². The first kappa shape index (κ1) is 19.6. The first-order valence-corrected chi connectivity index (χ1v) is 6.45. The Balaban J connectivity index is 0.00000400. The van der Waals surface area contributed by atoms with Crippen LogP contribution in [0.4, 0.5) is 0 Å². The number of aliphatic imine (C=N–C) groups is 1. The van der Waals surface area contributed by atoms with E-state index in [0.717, 1.165) is 12.1 Å². The van der Waals surface area contributed by atoms with Crippen LogP contribution >= 0.6 is 24.0 Å². The van der Waals surface area contributed by atoms with Gasteiger partial charge in [-0.1, -0.05) is 13.8 Å². The summed E-state index contributed by atoms with van der Waals surface area (Å²) in [6, 6.07) is 3.41. The van der Waals surface area contributed by atoms with E-state index in [1.54, 1.807) is 12.1 Å². The summed E-state index contributed by atoms with van der Waals surface area (Å²) in [5.41, 5.74) is 6.61. The molecule has 0 heterocycles. The molecule has 0 aromatic heterocycles. The fraction of sp³-hybridized carbons (Fsp3) is 0.500. The fourth-order valence-corrected chi connectivity index (χ4v) is 1.58. The molecule has 0 atom stereocenters. The maximum Gasteiger partial charge on any atom is 0.200 e. The Hall–Kier alpha value is -1.38. The molecule has 1 aromatic carbocycles. The van der Waals surface area contributed by atoms with Crippen LogP contribution in [-0.4, -0.2) is 31.8 Å². The Morgan fingerprint density at radius 2 is 1.81 bits per heavy atom. The molecule has 1 rings (SSSR count). The van der Waals surface area contributed by atoms with Gasteiger partial charge in [0, 0.05) is 6.54 Å². The van der Waals surface area contributed by atoms with Crippen LogP contribution in [0.5, 0.6) is 17.2 Å². The third-order valence-corrected chi connectivity index (χ3v) is 2.66. The van der Waals surface area contributed by atoms with Crippen LogP contribution < -0.4 is 20.5 Å². The van der Waals surface area contributed by atoms with Crippen molar-refractivity contribution >= 4 is 29.9 Å². The Morgan fingerprint density at radius 3 is 2.24 bits per heavy atom. The summed E-state index contributed by atoms with van der Waals surface area (Å²) in [6.45, 7) is 5.34. The van der Waals surface area contributed by atoms with E-state index in [1.165, 1.54) is 14.2 Å². The van der Waals surface area contributed by atoms with E-state index >= 15 is 0 Å². The molecule has 0 unspecified atom stereocenters. The Labute approximate surface area is 142 Å². The summed E-state index contributed by atoms with van der Waals surface area (Å²) >= 11 is 0. The Bertz CT molecular complexity index is 454. The molecule has 0 fully saturated rings. The van der Waals surface area contributed by atoms with E-state index < -0.39 is 0 Å². The number of halogens is 1. The quantitative estimate of drug-likeness (QED) is 0.381. The van der Waals surface area contributed by atoms with Crippen LogP contribution in [0.2, 0.25) is 0 Å². The zero-order chi connectivity index (χ0) is 15.1.